The number of aliphatic hydroxyl groups is 2. The van der Waals surface area contributed by atoms with E-state index < -0.39 is 24.1 Å². The molecular formula is C4H6NaO6+. The average molecular weight is 173 g/mol. The monoisotopic (exact) mass is 173 g/mol. The van der Waals surface area contributed by atoms with Crippen LogP contribution in [0.25, 0.3) is 0 Å². The van der Waals surface area contributed by atoms with Gasteiger partial charge in [0.2, 0.25) is 0 Å². The van der Waals surface area contributed by atoms with Gasteiger partial charge in [0, 0.05) is 0 Å². The van der Waals surface area contributed by atoms with Crippen molar-refractivity contribution in [2.24, 2.45) is 0 Å². The first-order chi connectivity index (χ1) is 4.46. The third-order valence-electron chi connectivity index (χ3n) is 0.805. The minimum atomic E-state index is -2.27. The molecule has 58 valence electrons. The maximum absolute atomic E-state index is 9.77. The Morgan fingerprint density at radius 3 is 1.18 bits per heavy atom. The summed E-state index contributed by atoms with van der Waals surface area (Å²) in [5.41, 5.74) is 0. The molecule has 6 nitrogen and oxygen atoms in total. The van der Waals surface area contributed by atoms with Gasteiger partial charge in [-0.2, -0.15) is 0 Å². The molecular weight excluding hydrogens is 167 g/mol. The van der Waals surface area contributed by atoms with Crippen molar-refractivity contribution in [1.82, 2.24) is 0 Å². The van der Waals surface area contributed by atoms with Gasteiger partial charge in [0.05, 0.1) is 0 Å². The van der Waals surface area contributed by atoms with Gasteiger partial charge in [-0.05, 0) is 0 Å². The first-order valence-corrected chi connectivity index (χ1v) is 2.28. The number of hydrogen-bond donors (Lipinski definition) is 4. The summed E-state index contributed by atoms with van der Waals surface area (Å²) in [5, 5.41) is 32.5. The molecule has 4 N–H and O–H groups in total. The second-order valence-electron chi connectivity index (χ2n) is 1.57. The maximum atomic E-state index is 9.77. The summed E-state index contributed by atoms with van der Waals surface area (Å²) in [5.74, 6) is -3.54. The second-order valence-corrected chi connectivity index (χ2v) is 1.57. The molecule has 2 atom stereocenters. The molecule has 0 bridgehead atoms. The molecule has 0 saturated carbocycles. The Bertz CT molecular complexity index is 139. The van der Waals surface area contributed by atoms with Crippen molar-refractivity contribution in [3.63, 3.8) is 0 Å². The van der Waals surface area contributed by atoms with Crippen LogP contribution < -0.4 is 29.6 Å². The maximum Gasteiger partial charge on any atom is 1.00 e. The summed E-state index contributed by atoms with van der Waals surface area (Å²) in [6, 6.07) is 0. The molecule has 0 saturated heterocycles. The Kier molecular flexibility index (Phi) is 6.73. The van der Waals surface area contributed by atoms with Gasteiger partial charge in [-0.25, -0.2) is 9.59 Å². The predicted molar refractivity (Wildman–Crippen MR) is 27.3 cm³/mol. The van der Waals surface area contributed by atoms with E-state index in [1.165, 1.54) is 0 Å². The third kappa shape index (κ3) is 4.33. The van der Waals surface area contributed by atoms with Crippen LogP contribution in [0.4, 0.5) is 0 Å². The van der Waals surface area contributed by atoms with Crippen LogP contribution in [0.2, 0.25) is 0 Å². The molecule has 0 rings (SSSR count). The number of carboxylic acids is 2. The minimum Gasteiger partial charge on any atom is -0.479 e. The first kappa shape index (κ1) is 13.4. The zero-order valence-corrected chi connectivity index (χ0v) is 7.76. The number of aliphatic carboxylic acids is 2. The number of carboxylic acid groups (broad SMARTS) is 2. The van der Waals surface area contributed by atoms with Gasteiger partial charge in [-0.15, -0.1) is 0 Å². The van der Waals surface area contributed by atoms with Gasteiger partial charge >= 0.3 is 41.5 Å². The topological polar surface area (TPSA) is 115 Å². The predicted octanol–water partition coefficient (Wildman–Crippen LogP) is -5.12. The quantitative estimate of drug-likeness (QED) is 0.317. The molecule has 0 aliphatic carbocycles. The van der Waals surface area contributed by atoms with E-state index in [1.807, 2.05) is 0 Å². The Morgan fingerprint density at radius 1 is 0.909 bits per heavy atom. The smallest absolute Gasteiger partial charge is 0.479 e. The largest absolute Gasteiger partial charge is 1.00 e. The zero-order chi connectivity index (χ0) is 8.31. The zero-order valence-electron chi connectivity index (χ0n) is 5.76. The SMILES string of the molecule is O=C(O)[C@@H](O)[C@@H](O)C(=O)O.[Na+]. The van der Waals surface area contributed by atoms with E-state index in [4.69, 9.17) is 20.4 Å². The van der Waals surface area contributed by atoms with Crippen LogP contribution in [0, 0.1) is 0 Å². The molecule has 7 heteroatoms. The molecule has 11 heavy (non-hydrogen) atoms. The van der Waals surface area contributed by atoms with Crippen molar-refractivity contribution < 1.29 is 59.6 Å². The van der Waals surface area contributed by atoms with Gasteiger partial charge in [0.1, 0.15) is 0 Å². The molecule has 0 aliphatic rings. The van der Waals surface area contributed by atoms with Crippen LogP contribution in [0.5, 0.6) is 0 Å². The van der Waals surface area contributed by atoms with Crippen molar-refractivity contribution in [2.45, 2.75) is 12.2 Å². The Hall–Kier alpha value is -0.140. The summed E-state index contributed by atoms with van der Waals surface area (Å²) < 4.78 is 0. The van der Waals surface area contributed by atoms with E-state index >= 15 is 0 Å². The molecule has 0 radical (unpaired) electrons. The van der Waals surface area contributed by atoms with E-state index in [9.17, 15) is 9.59 Å². The Morgan fingerprint density at radius 2 is 1.09 bits per heavy atom. The molecule has 0 aromatic heterocycles. The number of rotatable bonds is 3. The number of carbonyl (C=O) groups is 2. The Balaban J connectivity index is 0. The van der Waals surface area contributed by atoms with E-state index in [0.29, 0.717) is 0 Å². The van der Waals surface area contributed by atoms with E-state index in [1.54, 1.807) is 0 Å². The van der Waals surface area contributed by atoms with Crippen molar-refractivity contribution in [1.29, 1.82) is 0 Å². The van der Waals surface area contributed by atoms with Crippen molar-refractivity contribution in [3.8, 4) is 0 Å². The third-order valence-corrected chi connectivity index (χ3v) is 0.805. The molecule has 0 amide bonds. The van der Waals surface area contributed by atoms with Crippen molar-refractivity contribution >= 4 is 11.9 Å². The van der Waals surface area contributed by atoms with Crippen LogP contribution in [-0.4, -0.2) is 44.6 Å². The minimum absolute atomic E-state index is 0. The molecule has 0 aromatic carbocycles. The van der Waals surface area contributed by atoms with Gasteiger partial charge in [-0.1, -0.05) is 0 Å². The molecule has 0 unspecified atom stereocenters. The summed E-state index contributed by atoms with van der Waals surface area (Å²) >= 11 is 0. The van der Waals surface area contributed by atoms with Gasteiger partial charge in [0.15, 0.2) is 12.2 Å². The van der Waals surface area contributed by atoms with Crippen LogP contribution in [0.3, 0.4) is 0 Å². The molecule has 0 spiro atoms. The Labute approximate surface area is 83.7 Å². The van der Waals surface area contributed by atoms with E-state index in [0.717, 1.165) is 0 Å². The van der Waals surface area contributed by atoms with Crippen LogP contribution >= 0.6 is 0 Å². The fraction of sp³-hybridized carbons (Fsp3) is 0.500. The van der Waals surface area contributed by atoms with Crippen LogP contribution in [0.15, 0.2) is 0 Å². The molecule has 0 aromatic rings. The molecule has 0 fully saturated rings. The summed E-state index contributed by atoms with van der Waals surface area (Å²) in [6.07, 6.45) is -4.53. The fourth-order valence-electron chi connectivity index (χ4n) is 0.270. The van der Waals surface area contributed by atoms with E-state index in [-0.39, 0.29) is 29.6 Å². The van der Waals surface area contributed by atoms with Crippen LogP contribution in [0.1, 0.15) is 0 Å². The normalized spacial score (nSPS) is 14.4. The summed E-state index contributed by atoms with van der Waals surface area (Å²) in [7, 11) is 0. The summed E-state index contributed by atoms with van der Waals surface area (Å²) in [4.78, 5) is 19.5. The molecule has 0 heterocycles. The van der Waals surface area contributed by atoms with Crippen molar-refractivity contribution in [2.75, 3.05) is 0 Å². The second kappa shape index (κ2) is 5.50. The number of hydrogen-bond acceptors (Lipinski definition) is 4. The number of aliphatic hydroxyl groups excluding tert-OH is 2. The average Bonchev–Trinajstić information content (AvgIpc) is 1.84. The standard InChI is InChI=1S/C4H6O6.Na/c5-1(3(7)8)2(6)4(9)10;/h1-2,5-6H,(H,7,8)(H,9,10);/q;+1/t1-,2+;. The van der Waals surface area contributed by atoms with Crippen molar-refractivity contribution in [3.05, 3.63) is 0 Å². The van der Waals surface area contributed by atoms with Crippen LogP contribution in [-0.2, 0) is 9.59 Å². The fourth-order valence-corrected chi connectivity index (χ4v) is 0.270. The van der Waals surface area contributed by atoms with Gasteiger partial charge < -0.3 is 20.4 Å². The van der Waals surface area contributed by atoms with Gasteiger partial charge in [-0.3, -0.25) is 0 Å². The summed E-state index contributed by atoms with van der Waals surface area (Å²) in [6.45, 7) is 0. The first-order valence-electron chi connectivity index (χ1n) is 2.28. The van der Waals surface area contributed by atoms with Gasteiger partial charge in [0.25, 0.3) is 0 Å². The van der Waals surface area contributed by atoms with E-state index in [2.05, 4.69) is 0 Å². The molecule has 0 aliphatic heterocycles.